The summed E-state index contributed by atoms with van der Waals surface area (Å²) in [7, 11) is 0. The maximum Gasteiger partial charge on any atom is 0.229 e. The molecule has 0 aliphatic rings. The molecule has 0 unspecified atom stereocenters. The Morgan fingerprint density at radius 2 is 2.00 bits per heavy atom. The molecular weight excluding hydrogens is 324 g/mol. The van der Waals surface area contributed by atoms with E-state index >= 15 is 0 Å². The van der Waals surface area contributed by atoms with Crippen LogP contribution < -0.4 is 5.32 Å². The van der Waals surface area contributed by atoms with Crippen molar-refractivity contribution < 1.29 is 13.6 Å². The highest BCUT2D eigenvalue weighted by atomic mass is 79.9. The van der Waals surface area contributed by atoms with Gasteiger partial charge in [-0.25, -0.2) is 8.78 Å². The van der Waals surface area contributed by atoms with Crippen LogP contribution in [0.25, 0.3) is 0 Å². The first-order chi connectivity index (χ1) is 8.56. The van der Waals surface area contributed by atoms with Crippen LogP contribution >= 0.6 is 27.3 Å². The number of carbonyl (C=O) groups excluding carboxylic acids is 1. The highest BCUT2D eigenvalue weighted by Crippen LogP contribution is 2.24. The quantitative estimate of drug-likeness (QED) is 0.905. The molecule has 2 rings (SSSR count). The summed E-state index contributed by atoms with van der Waals surface area (Å²) >= 11 is 4.39. The van der Waals surface area contributed by atoms with Crippen molar-refractivity contribution in [3.05, 3.63) is 50.6 Å². The summed E-state index contributed by atoms with van der Waals surface area (Å²) < 4.78 is 27.2. The predicted molar refractivity (Wildman–Crippen MR) is 70.7 cm³/mol. The van der Waals surface area contributed by atoms with Gasteiger partial charge in [-0.15, -0.1) is 11.3 Å². The molecular formula is C12H8BrF2NOS. The standard InChI is InChI=1S/C12H8BrF2NOS/c13-7-4-9(14)12(10(15)5-7)16-11(17)6-8-2-1-3-18-8/h1-5H,6H2,(H,16,17). The van der Waals surface area contributed by atoms with E-state index < -0.39 is 23.2 Å². The zero-order chi connectivity index (χ0) is 13.1. The molecule has 1 aromatic carbocycles. The Labute approximate surface area is 115 Å². The Hall–Kier alpha value is -1.27. The fourth-order valence-electron chi connectivity index (χ4n) is 1.42. The molecule has 1 amide bonds. The number of nitrogens with one attached hydrogen (secondary N) is 1. The number of anilines is 1. The molecule has 0 aliphatic carbocycles. The van der Waals surface area contributed by atoms with E-state index in [4.69, 9.17) is 0 Å². The lowest BCUT2D eigenvalue weighted by atomic mass is 10.2. The lowest BCUT2D eigenvalue weighted by Crippen LogP contribution is -2.16. The van der Waals surface area contributed by atoms with Crippen molar-refractivity contribution in [2.24, 2.45) is 0 Å². The largest absolute Gasteiger partial charge is 0.321 e. The van der Waals surface area contributed by atoms with Gasteiger partial charge < -0.3 is 5.32 Å². The highest BCUT2D eigenvalue weighted by Gasteiger charge is 2.14. The third-order valence-corrected chi connectivity index (χ3v) is 3.52. The van der Waals surface area contributed by atoms with Crippen molar-refractivity contribution in [2.75, 3.05) is 5.32 Å². The van der Waals surface area contributed by atoms with Gasteiger partial charge in [0.15, 0.2) is 11.6 Å². The first-order valence-corrected chi connectivity index (χ1v) is 6.70. The monoisotopic (exact) mass is 331 g/mol. The minimum Gasteiger partial charge on any atom is -0.321 e. The van der Waals surface area contributed by atoms with E-state index in [0.717, 1.165) is 17.0 Å². The van der Waals surface area contributed by atoms with E-state index in [1.165, 1.54) is 11.3 Å². The summed E-state index contributed by atoms with van der Waals surface area (Å²) in [6, 6.07) is 5.81. The zero-order valence-corrected chi connectivity index (χ0v) is 11.4. The number of thiophene rings is 1. The van der Waals surface area contributed by atoms with Crippen molar-refractivity contribution in [1.82, 2.24) is 0 Å². The van der Waals surface area contributed by atoms with Crippen LogP contribution in [-0.4, -0.2) is 5.91 Å². The molecule has 18 heavy (non-hydrogen) atoms. The second-order valence-electron chi connectivity index (χ2n) is 3.55. The molecule has 0 saturated heterocycles. The number of hydrogen-bond donors (Lipinski definition) is 1. The van der Waals surface area contributed by atoms with Gasteiger partial charge in [0.05, 0.1) is 6.42 Å². The lowest BCUT2D eigenvalue weighted by molar-refractivity contribution is -0.115. The van der Waals surface area contributed by atoms with Gasteiger partial charge >= 0.3 is 0 Å². The molecule has 0 aliphatic heterocycles. The summed E-state index contributed by atoms with van der Waals surface area (Å²) in [6.07, 6.45) is 0.104. The Bertz CT molecular complexity index is 548. The second kappa shape index (κ2) is 5.58. The molecule has 2 aromatic rings. The molecule has 1 N–H and O–H groups in total. The molecule has 0 fully saturated rings. The maximum absolute atomic E-state index is 13.5. The van der Waals surface area contributed by atoms with E-state index in [1.807, 2.05) is 11.4 Å². The highest BCUT2D eigenvalue weighted by molar-refractivity contribution is 9.10. The molecule has 1 heterocycles. The molecule has 0 radical (unpaired) electrons. The van der Waals surface area contributed by atoms with Crippen molar-refractivity contribution in [3.63, 3.8) is 0 Å². The van der Waals surface area contributed by atoms with Gasteiger partial charge in [-0.2, -0.15) is 0 Å². The van der Waals surface area contributed by atoms with Crippen LogP contribution in [0.2, 0.25) is 0 Å². The number of amides is 1. The van der Waals surface area contributed by atoms with Gasteiger partial charge in [0.25, 0.3) is 0 Å². The third-order valence-electron chi connectivity index (χ3n) is 2.19. The average molecular weight is 332 g/mol. The van der Waals surface area contributed by atoms with E-state index in [0.29, 0.717) is 0 Å². The fourth-order valence-corrected chi connectivity index (χ4v) is 2.52. The topological polar surface area (TPSA) is 29.1 Å². The van der Waals surface area contributed by atoms with Crippen molar-refractivity contribution in [3.8, 4) is 0 Å². The van der Waals surface area contributed by atoms with Gasteiger partial charge in [0.1, 0.15) is 5.69 Å². The third kappa shape index (κ3) is 3.14. The fraction of sp³-hybridized carbons (Fsp3) is 0.0833. The van der Waals surface area contributed by atoms with Gasteiger partial charge in [-0.3, -0.25) is 4.79 Å². The Morgan fingerprint density at radius 1 is 1.33 bits per heavy atom. The van der Waals surface area contributed by atoms with E-state index in [-0.39, 0.29) is 10.9 Å². The molecule has 1 aromatic heterocycles. The number of rotatable bonds is 3. The normalized spacial score (nSPS) is 10.4. The minimum absolute atomic E-state index is 0.104. The summed E-state index contributed by atoms with van der Waals surface area (Å²) in [5.74, 6) is -2.06. The van der Waals surface area contributed by atoms with Crippen LogP contribution in [0.15, 0.2) is 34.1 Å². The zero-order valence-electron chi connectivity index (χ0n) is 9.04. The van der Waals surface area contributed by atoms with Crippen LogP contribution in [0.3, 0.4) is 0 Å². The van der Waals surface area contributed by atoms with Crippen LogP contribution in [-0.2, 0) is 11.2 Å². The summed E-state index contributed by atoms with van der Waals surface area (Å²) in [6.45, 7) is 0. The first-order valence-electron chi connectivity index (χ1n) is 5.03. The summed E-state index contributed by atoms with van der Waals surface area (Å²) in [5.41, 5.74) is -0.417. The Kier molecular flexibility index (Phi) is 4.08. The molecule has 0 spiro atoms. The van der Waals surface area contributed by atoms with Crippen molar-refractivity contribution in [2.45, 2.75) is 6.42 Å². The van der Waals surface area contributed by atoms with Gasteiger partial charge in [0, 0.05) is 9.35 Å². The maximum atomic E-state index is 13.5. The van der Waals surface area contributed by atoms with Gasteiger partial charge in [-0.05, 0) is 23.6 Å². The molecule has 0 atom stereocenters. The summed E-state index contributed by atoms with van der Waals surface area (Å²) in [5, 5.41) is 4.08. The Morgan fingerprint density at radius 3 is 2.56 bits per heavy atom. The SMILES string of the molecule is O=C(Cc1cccs1)Nc1c(F)cc(Br)cc1F. The molecule has 0 bridgehead atoms. The van der Waals surface area contributed by atoms with E-state index in [9.17, 15) is 13.6 Å². The van der Waals surface area contributed by atoms with Crippen LogP contribution in [0.4, 0.5) is 14.5 Å². The smallest absolute Gasteiger partial charge is 0.229 e. The van der Waals surface area contributed by atoms with Gasteiger partial charge in [-0.1, -0.05) is 22.0 Å². The first kappa shape index (κ1) is 13.2. The van der Waals surface area contributed by atoms with Gasteiger partial charge in [0.2, 0.25) is 5.91 Å². The Balaban J connectivity index is 2.12. The van der Waals surface area contributed by atoms with E-state index in [2.05, 4.69) is 21.2 Å². The van der Waals surface area contributed by atoms with Crippen molar-refractivity contribution >= 4 is 38.9 Å². The lowest BCUT2D eigenvalue weighted by Gasteiger charge is -2.07. The summed E-state index contributed by atoms with van der Waals surface area (Å²) in [4.78, 5) is 12.5. The van der Waals surface area contributed by atoms with E-state index in [1.54, 1.807) is 6.07 Å². The second-order valence-corrected chi connectivity index (χ2v) is 5.50. The predicted octanol–water partition coefficient (Wildman–Crippen LogP) is 3.97. The van der Waals surface area contributed by atoms with Crippen LogP contribution in [0.1, 0.15) is 4.88 Å². The van der Waals surface area contributed by atoms with Crippen LogP contribution in [0.5, 0.6) is 0 Å². The average Bonchev–Trinajstić information content (AvgIpc) is 2.76. The number of halogens is 3. The molecule has 6 heteroatoms. The minimum atomic E-state index is -0.804. The number of hydrogen-bond acceptors (Lipinski definition) is 2. The molecule has 94 valence electrons. The van der Waals surface area contributed by atoms with Crippen molar-refractivity contribution in [1.29, 1.82) is 0 Å². The number of benzene rings is 1. The molecule has 0 saturated carbocycles. The molecule has 2 nitrogen and oxygen atoms in total. The number of carbonyl (C=O) groups is 1. The van der Waals surface area contributed by atoms with Crippen LogP contribution in [0, 0.1) is 11.6 Å².